The summed E-state index contributed by atoms with van der Waals surface area (Å²) in [6.45, 7) is 0. The molecular formula is C12H15BrO4. The predicted molar refractivity (Wildman–Crippen MR) is 67.9 cm³/mol. The summed E-state index contributed by atoms with van der Waals surface area (Å²) in [5, 5.41) is 0.649. The third-order valence-electron chi connectivity index (χ3n) is 2.43. The van der Waals surface area contributed by atoms with Crippen LogP contribution in [0.4, 0.5) is 0 Å². The molecule has 0 heterocycles. The number of methoxy groups -OCH3 is 3. The normalized spacial score (nSPS) is 12.0. The molecule has 0 amide bonds. The van der Waals surface area contributed by atoms with Gasteiger partial charge in [-0.15, -0.1) is 0 Å². The fraction of sp³-hybridized carbons (Fsp3) is 0.417. The Labute approximate surface area is 109 Å². The van der Waals surface area contributed by atoms with Crippen molar-refractivity contribution in [1.82, 2.24) is 0 Å². The highest BCUT2D eigenvalue weighted by Crippen LogP contribution is 2.26. The zero-order valence-electron chi connectivity index (χ0n) is 10.0. The Morgan fingerprint density at radius 2 is 2.06 bits per heavy atom. The van der Waals surface area contributed by atoms with E-state index in [0.29, 0.717) is 16.6 Å². The van der Waals surface area contributed by atoms with Crippen molar-refractivity contribution in [2.45, 2.75) is 6.10 Å². The van der Waals surface area contributed by atoms with Gasteiger partial charge in [0.15, 0.2) is 0 Å². The lowest BCUT2D eigenvalue weighted by Gasteiger charge is -2.15. The van der Waals surface area contributed by atoms with Crippen LogP contribution in [0.1, 0.15) is 22.0 Å². The first-order chi connectivity index (χ1) is 8.17. The highest BCUT2D eigenvalue weighted by molar-refractivity contribution is 9.09. The van der Waals surface area contributed by atoms with E-state index in [2.05, 4.69) is 15.9 Å². The second kappa shape index (κ2) is 6.61. The second-order valence-electron chi connectivity index (χ2n) is 3.33. The third-order valence-corrected chi connectivity index (χ3v) is 3.01. The van der Waals surface area contributed by atoms with Crippen LogP contribution >= 0.6 is 15.9 Å². The molecule has 0 radical (unpaired) electrons. The van der Waals surface area contributed by atoms with Crippen LogP contribution in [-0.4, -0.2) is 32.6 Å². The summed E-state index contributed by atoms with van der Waals surface area (Å²) in [4.78, 5) is 11.6. The Kier molecular flexibility index (Phi) is 5.44. The van der Waals surface area contributed by atoms with Crippen molar-refractivity contribution in [2.24, 2.45) is 0 Å². The fourth-order valence-electron chi connectivity index (χ4n) is 1.48. The third kappa shape index (κ3) is 3.20. The zero-order valence-corrected chi connectivity index (χ0v) is 11.6. The van der Waals surface area contributed by atoms with Crippen molar-refractivity contribution in [3.8, 4) is 5.75 Å². The zero-order chi connectivity index (χ0) is 12.8. The lowest BCUT2D eigenvalue weighted by molar-refractivity contribution is 0.0596. The molecule has 1 atom stereocenters. The van der Waals surface area contributed by atoms with Crippen LogP contribution < -0.4 is 4.74 Å². The van der Waals surface area contributed by atoms with Crippen LogP contribution in [0.15, 0.2) is 18.2 Å². The minimum Gasteiger partial charge on any atom is -0.496 e. The summed E-state index contributed by atoms with van der Waals surface area (Å²) in [5.74, 6) is 0.0677. The number of carbonyl (C=O) groups is 1. The number of carbonyl (C=O) groups excluding carboxylic acids is 1. The molecule has 4 nitrogen and oxygen atoms in total. The van der Waals surface area contributed by atoms with Gasteiger partial charge in [0, 0.05) is 12.4 Å². The molecule has 0 fully saturated rings. The first kappa shape index (κ1) is 14.0. The van der Waals surface area contributed by atoms with Crippen molar-refractivity contribution in [3.63, 3.8) is 0 Å². The molecular weight excluding hydrogens is 288 g/mol. The fourth-order valence-corrected chi connectivity index (χ4v) is 2.12. The standard InChI is InChI=1S/C12H15BrO4/c1-15-10-5-4-8(11(7-13)16-2)6-9(10)12(14)17-3/h4-6,11H,7H2,1-3H3. The first-order valence-corrected chi connectivity index (χ1v) is 6.15. The average molecular weight is 303 g/mol. The molecule has 1 rings (SSSR count). The van der Waals surface area contributed by atoms with E-state index in [4.69, 9.17) is 14.2 Å². The Morgan fingerprint density at radius 3 is 2.53 bits per heavy atom. The topological polar surface area (TPSA) is 44.8 Å². The molecule has 94 valence electrons. The molecule has 0 N–H and O–H groups in total. The predicted octanol–water partition coefficient (Wildman–Crippen LogP) is 2.56. The largest absolute Gasteiger partial charge is 0.496 e. The quantitative estimate of drug-likeness (QED) is 0.619. The van der Waals surface area contributed by atoms with Crippen LogP contribution in [0.25, 0.3) is 0 Å². The van der Waals surface area contributed by atoms with Gasteiger partial charge in [-0.25, -0.2) is 4.79 Å². The van der Waals surface area contributed by atoms with Crippen LogP contribution in [0.3, 0.4) is 0 Å². The summed E-state index contributed by atoms with van der Waals surface area (Å²) in [7, 11) is 4.47. The monoisotopic (exact) mass is 302 g/mol. The maximum absolute atomic E-state index is 11.6. The molecule has 0 bridgehead atoms. The number of ether oxygens (including phenoxy) is 3. The van der Waals surface area contributed by atoms with Crippen LogP contribution in [0, 0.1) is 0 Å². The van der Waals surface area contributed by atoms with Crippen LogP contribution in [0.2, 0.25) is 0 Å². The number of hydrogen-bond acceptors (Lipinski definition) is 4. The summed E-state index contributed by atoms with van der Waals surface area (Å²) < 4.78 is 15.1. The van der Waals surface area contributed by atoms with Gasteiger partial charge in [-0.1, -0.05) is 22.0 Å². The van der Waals surface area contributed by atoms with Gasteiger partial charge >= 0.3 is 5.97 Å². The van der Waals surface area contributed by atoms with Crippen molar-refractivity contribution >= 4 is 21.9 Å². The molecule has 1 aromatic rings. The highest BCUT2D eigenvalue weighted by Gasteiger charge is 2.17. The number of halogens is 1. The molecule has 0 aliphatic heterocycles. The minimum atomic E-state index is -0.423. The van der Waals surface area contributed by atoms with Crippen molar-refractivity contribution in [2.75, 3.05) is 26.7 Å². The summed E-state index contributed by atoms with van der Waals surface area (Å²) >= 11 is 3.35. The van der Waals surface area contributed by atoms with Gasteiger partial charge in [0.25, 0.3) is 0 Å². The van der Waals surface area contributed by atoms with E-state index >= 15 is 0 Å². The summed E-state index contributed by atoms with van der Waals surface area (Å²) in [5.41, 5.74) is 1.29. The van der Waals surface area contributed by atoms with Gasteiger partial charge in [0.1, 0.15) is 11.3 Å². The van der Waals surface area contributed by atoms with E-state index in [1.54, 1.807) is 19.2 Å². The Morgan fingerprint density at radius 1 is 1.35 bits per heavy atom. The molecule has 0 aliphatic carbocycles. The lowest BCUT2D eigenvalue weighted by Crippen LogP contribution is -2.08. The summed E-state index contributed by atoms with van der Waals surface area (Å²) in [6, 6.07) is 5.32. The molecule has 0 aromatic heterocycles. The number of hydrogen-bond donors (Lipinski definition) is 0. The minimum absolute atomic E-state index is 0.107. The van der Waals surface area contributed by atoms with E-state index in [1.807, 2.05) is 6.07 Å². The van der Waals surface area contributed by atoms with Gasteiger partial charge < -0.3 is 14.2 Å². The average Bonchev–Trinajstić information content (AvgIpc) is 2.39. The number of rotatable bonds is 5. The Hall–Kier alpha value is -1.07. The highest BCUT2D eigenvalue weighted by atomic mass is 79.9. The molecule has 0 aliphatic rings. The molecule has 5 heteroatoms. The Balaban J connectivity index is 3.16. The number of alkyl halides is 1. The second-order valence-corrected chi connectivity index (χ2v) is 3.98. The van der Waals surface area contributed by atoms with Gasteiger partial charge in [-0.05, 0) is 17.7 Å². The molecule has 1 aromatic carbocycles. The van der Waals surface area contributed by atoms with E-state index in [9.17, 15) is 4.79 Å². The molecule has 0 spiro atoms. The maximum atomic E-state index is 11.6. The molecule has 1 unspecified atom stereocenters. The van der Waals surface area contributed by atoms with Gasteiger partial charge in [0.05, 0.1) is 20.3 Å². The smallest absolute Gasteiger partial charge is 0.341 e. The van der Waals surface area contributed by atoms with E-state index in [0.717, 1.165) is 5.56 Å². The lowest BCUT2D eigenvalue weighted by atomic mass is 10.1. The van der Waals surface area contributed by atoms with Gasteiger partial charge in [-0.2, -0.15) is 0 Å². The molecule has 17 heavy (non-hydrogen) atoms. The maximum Gasteiger partial charge on any atom is 0.341 e. The molecule has 0 saturated heterocycles. The van der Waals surface area contributed by atoms with Crippen LogP contribution in [-0.2, 0) is 9.47 Å². The van der Waals surface area contributed by atoms with Gasteiger partial charge in [-0.3, -0.25) is 0 Å². The number of esters is 1. The van der Waals surface area contributed by atoms with Crippen LogP contribution in [0.5, 0.6) is 5.75 Å². The van der Waals surface area contributed by atoms with E-state index in [-0.39, 0.29) is 6.10 Å². The first-order valence-electron chi connectivity index (χ1n) is 5.03. The van der Waals surface area contributed by atoms with Crippen molar-refractivity contribution in [1.29, 1.82) is 0 Å². The van der Waals surface area contributed by atoms with Crippen molar-refractivity contribution < 1.29 is 19.0 Å². The SMILES string of the molecule is COC(=O)c1cc(C(CBr)OC)ccc1OC. The molecule has 0 saturated carbocycles. The van der Waals surface area contributed by atoms with E-state index < -0.39 is 5.97 Å². The van der Waals surface area contributed by atoms with E-state index in [1.165, 1.54) is 14.2 Å². The van der Waals surface area contributed by atoms with Crippen molar-refractivity contribution in [3.05, 3.63) is 29.3 Å². The summed E-state index contributed by atoms with van der Waals surface area (Å²) in [6.07, 6.45) is -0.107. The number of benzene rings is 1. The van der Waals surface area contributed by atoms with Gasteiger partial charge in [0.2, 0.25) is 0 Å². The Bertz CT molecular complexity index is 388.